The first kappa shape index (κ1) is 12.2. The monoisotopic (exact) mass is 255 g/mol. The van der Waals surface area contributed by atoms with Gasteiger partial charge in [0.1, 0.15) is 5.75 Å². The van der Waals surface area contributed by atoms with Gasteiger partial charge in [0.2, 0.25) is 0 Å². The lowest BCUT2D eigenvalue weighted by atomic mass is 10.1. The SMILES string of the molecule is COc1ccc([C@@H]2ON2[C@@H](C)c2ccccc2)cc1. The van der Waals surface area contributed by atoms with Crippen LogP contribution in [0, 0.1) is 0 Å². The van der Waals surface area contributed by atoms with Crippen molar-refractivity contribution in [2.24, 2.45) is 0 Å². The standard InChI is InChI=1S/C16H17NO2/c1-12(13-6-4-3-5-7-13)17-16(19-17)14-8-10-15(18-2)11-9-14/h3-12,16H,1-2H3/t12-,16-,17?/m0/s1. The molecule has 3 heteroatoms. The van der Waals surface area contributed by atoms with Crippen molar-refractivity contribution in [2.45, 2.75) is 19.2 Å². The van der Waals surface area contributed by atoms with E-state index < -0.39 is 0 Å². The number of hydrogen-bond donors (Lipinski definition) is 0. The first-order chi connectivity index (χ1) is 9.29. The third-order valence-electron chi connectivity index (χ3n) is 3.47. The zero-order chi connectivity index (χ0) is 13.2. The zero-order valence-electron chi connectivity index (χ0n) is 11.1. The minimum Gasteiger partial charge on any atom is -0.497 e. The summed E-state index contributed by atoms with van der Waals surface area (Å²) in [5, 5.41) is 2.01. The van der Waals surface area contributed by atoms with Crippen LogP contribution in [-0.4, -0.2) is 12.2 Å². The molecule has 1 fully saturated rings. The van der Waals surface area contributed by atoms with Crippen molar-refractivity contribution in [3.05, 3.63) is 65.7 Å². The molecule has 0 N–H and O–H groups in total. The van der Waals surface area contributed by atoms with Gasteiger partial charge in [0.05, 0.1) is 13.2 Å². The molecule has 2 aromatic carbocycles. The van der Waals surface area contributed by atoms with E-state index in [1.807, 2.05) is 35.4 Å². The molecule has 0 radical (unpaired) electrons. The quantitative estimate of drug-likeness (QED) is 0.779. The molecule has 19 heavy (non-hydrogen) atoms. The van der Waals surface area contributed by atoms with E-state index in [0.29, 0.717) is 0 Å². The Morgan fingerprint density at radius 2 is 1.74 bits per heavy atom. The van der Waals surface area contributed by atoms with Crippen molar-refractivity contribution in [3.63, 3.8) is 0 Å². The molecule has 0 spiro atoms. The van der Waals surface area contributed by atoms with Crippen molar-refractivity contribution in [1.82, 2.24) is 5.06 Å². The van der Waals surface area contributed by atoms with Crippen LogP contribution >= 0.6 is 0 Å². The molecule has 0 amide bonds. The lowest BCUT2D eigenvalue weighted by molar-refractivity contribution is 0.155. The number of benzene rings is 2. The first-order valence-corrected chi connectivity index (χ1v) is 6.43. The van der Waals surface area contributed by atoms with Gasteiger partial charge in [0.25, 0.3) is 0 Å². The molecule has 98 valence electrons. The number of hydroxylamine groups is 2. The van der Waals surface area contributed by atoms with Crippen molar-refractivity contribution in [1.29, 1.82) is 0 Å². The van der Waals surface area contributed by atoms with Crippen LogP contribution in [0.5, 0.6) is 5.75 Å². The number of methoxy groups -OCH3 is 1. The van der Waals surface area contributed by atoms with E-state index in [2.05, 4.69) is 31.2 Å². The molecule has 0 bridgehead atoms. The molecule has 3 atom stereocenters. The Morgan fingerprint density at radius 3 is 2.37 bits per heavy atom. The van der Waals surface area contributed by atoms with Gasteiger partial charge in [-0.25, -0.2) is 0 Å². The van der Waals surface area contributed by atoms with Crippen molar-refractivity contribution in [2.75, 3.05) is 7.11 Å². The summed E-state index contributed by atoms with van der Waals surface area (Å²) in [7, 11) is 1.67. The average Bonchev–Trinajstić information content (AvgIpc) is 3.28. The van der Waals surface area contributed by atoms with Crippen LogP contribution in [0.1, 0.15) is 30.3 Å². The summed E-state index contributed by atoms with van der Waals surface area (Å²) in [4.78, 5) is 5.69. The van der Waals surface area contributed by atoms with E-state index in [0.717, 1.165) is 11.3 Å². The Kier molecular flexibility index (Phi) is 3.23. The summed E-state index contributed by atoms with van der Waals surface area (Å²) in [6, 6.07) is 18.6. The lowest BCUT2D eigenvalue weighted by Crippen LogP contribution is -2.05. The highest BCUT2D eigenvalue weighted by molar-refractivity contribution is 5.29. The third kappa shape index (κ3) is 2.48. The van der Waals surface area contributed by atoms with Crippen LogP contribution in [-0.2, 0) is 4.84 Å². The van der Waals surface area contributed by atoms with Crippen molar-refractivity contribution in [3.8, 4) is 5.75 Å². The normalized spacial score (nSPS) is 22.8. The predicted octanol–water partition coefficient (Wildman–Crippen LogP) is 3.70. The molecule has 2 aromatic rings. The number of hydrogen-bond acceptors (Lipinski definition) is 3. The Labute approximate surface area is 113 Å². The number of rotatable bonds is 4. The van der Waals surface area contributed by atoms with Crippen molar-refractivity contribution >= 4 is 0 Å². The van der Waals surface area contributed by atoms with Crippen molar-refractivity contribution < 1.29 is 9.57 Å². The topological polar surface area (TPSA) is 24.8 Å². The van der Waals surface area contributed by atoms with Crippen LogP contribution in [0.2, 0.25) is 0 Å². The minimum absolute atomic E-state index is 0.0566. The fourth-order valence-corrected chi connectivity index (χ4v) is 2.24. The van der Waals surface area contributed by atoms with E-state index in [1.165, 1.54) is 5.56 Å². The Balaban J connectivity index is 1.70. The van der Waals surface area contributed by atoms with Gasteiger partial charge in [-0.15, -0.1) is 5.06 Å². The molecule has 1 heterocycles. The molecule has 1 unspecified atom stereocenters. The van der Waals surface area contributed by atoms with E-state index >= 15 is 0 Å². The maximum absolute atomic E-state index is 5.69. The van der Waals surface area contributed by atoms with Gasteiger partial charge >= 0.3 is 0 Å². The Morgan fingerprint density at radius 1 is 1.05 bits per heavy atom. The molecule has 0 aliphatic carbocycles. The first-order valence-electron chi connectivity index (χ1n) is 6.43. The fraction of sp³-hybridized carbons (Fsp3) is 0.250. The number of ether oxygens (including phenoxy) is 1. The van der Waals surface area contributed by atoms with Gasteiger partial charge < -0.3 is 4.74 Å². The second-order valence-corrected chi connectivity index (χ2v) is 4.68. The summed E-state index contributed by atoms with van der Waals surface area (Å²) in [6.45, 7) is 2.15. The highest BCUT2D eigenvalue weighted by Gasteiger charge is 2.42. The zero-order valence-corrected chi connectivity index (χ0v) is 11.1. The van der Waals surface area contributed by atoms with Gasteiger partial charge in [-0.1, -0.05) is 42.5 Å². The molecular formula is C16H17NO2. The largest absolute Gasteiger partial charge is 0.497 e. The van der Waals surface area contributed by atoms with Gasteiger partial charge in [0.15, 0.2) is 6.23 Å². The van der Waals surface area contributed by atoms with E-state index in [9.17, 15) is 0 Å². The highest BCUT2D eigenvalue weighted by atomic mass is 16.8. The molecule has 1 aliphatic rings. The van der Waals surface area contributed by atoms with Gasteiger partial charge in [-0.3, -0.25) is 4.84 Å². The minimum atomic E-state index is 0.0566. The van der Waals surface area contributed by atoms with Gasteiger partial charge in [0, 0.05) is 0 Å². The Hall–Kier alpha value is -1.84. The van der Waals surface area contributed by atoms with Gasteiger partial charge in [-0.05, 0) is 30.2 Å². The highest BCUT2D eigenvalue weighted by Crippen LogP contribution is 2.44. The van der Waals surface area contributed by atoms with Gasteiger partial charge in [-0.2, -0.15) is 0 Å². The summed E-state index contributed by atoms with van der Waals surface area (Å²) < 4.78 is 5.16. The van der Waals surface area contributed by atoms with E-state index in [4.69, 9.17) is 9.57 Å². The fourth-order valence-electron chi connectivity index (χ4n) is 2.24. The molecule has 0 saturated carbocycles. The second kappa shape index (κ2) is 5.03. The second-order valence-electron chi connectivity index (χ2n) is 4.68. The molecule has 0 aromatic heterocycles. The van der Waals surface area contributed by atoms with Crippen LogP contribution < -0.4 is 4.74 Å². The molecule has 3 nitrogen and oxygen atoms in total. The summed E-state index contributed by atoms with van der Waals surface area (Å²) >= 11 is 0. The van der Waals surface area contributed by atoms with Crippen LogP contribution in [0.4, 0.5) is 0 Å². The Bertz CT molecular complexity index is 538. The lowest BCUT2D eigenvalue weighted by Gasteiger charge is -2.10. The van der Waals surface area contributed by atoms with Crippen LogP contribution in [0.15, 0.2) is 54.6 Å². The number of nitrogens with zero attached hydrogens (tertiary/aromatic N) is 1. The smallest absolute Gasteiger partial charge is 0.180 e. The summed E-state index contributed by atoms with van der Waals surface area (Å²) in [5.74, 6) is 0.868. The molecular weight excluding hydrogens is 238 g/mol. The van der Waals surface area contributed by atoms with E-state index in [1.54, 1.807) is 7.11 Å². The predicted molar refractivity (Wildman–Crippen MR) is 73.5 cm³/mol. The van der Waals surface area contributed by atoms with E-state index in [-0.39, 0.29) is 12.3 Å². The third-order valence-corrected chi connectivity index (χ3v) is 3.47. The summed E-state index contributed by atoms with van der Waals surface area (Å²) in [6.07, 6.45) is 0.0566. The maximum Gasteiger partial charge on any atom is 0.180 e. The average molecular weight is 255 g/mol. The maximum atomic E-state index is 5.69. The molecule has 1 saturated heterocycles. The van der Waals surface area contributed by atoms with Crippen LogP contribution in [0.3, 0.4) is 0 Å². The molecule has 1 aliphatic heterocycles. The molecule has 3 rings (SSSR count). The summed E-state index contributed by atoms with van der Waals surface area (Å²) in [5.41, 5.74) is 2.42. The van der Waals surface area contributed by atoms with Crippen LogP contribution in [0.25, 0.3) is 0 Å².